The van der Waals surface area contributed by atoms with Crippen LogP contribution in [0, 0.1) is 6.92 Å². The van der Waals surface area contributed by atoms with Gasteiger partial charge in [0.1, 0.15) is 10.7 Å². The van der Waals surface area contributed by atoms with Gasteiger partial charge in [-0.15, -0.1) is 0 Å². The molecule has 5 nitrogen and oxygen atoms in total. The molecule has 0 atom stereocenters. The fourth-order valence-electron chi connectivity index (χ4n) is 2.53. The quantitative estimate of drug-likeness (QED) is 0.250. The van der Waals surface area contributed by atoms with Gasteiger partial charge in [-0.25, -0.2) is 4.98 Å². The SMILES string of the molecule is Cc1ccc(Cl)cc1NC(=O)C(=Cc1cccnc1Cl)C(=O)Nc1ccccc1. The van der Waals surface area contributed by atoms with Crippen LogP contribution in [-0.2, 0) is 9.59 Å². The number of nitrogens with one attached hydrogen (secondary N) is 2. The molecule has 0 aliphatic heterocycles. The van der Waals surface area contributed by atoms with Crippen molar-refractivity contribution in [1.82, 2.24) is 4.98 Å². The number of nitrogens with zero attached hydrogens (tertiary/aromatic N) is 1. The van der Waals surface area contributed by atoms with Crippen molar-refractivity contribution in [3.63, 3.8) is 0 Å². The second-order valence-corrected chi connectivity index (χ2v) is 6.97. The second-order valence-electron chi connectivity index (χ2n) is 6.17. The molecule has 0 saturated carbocycles. The highest BCUT2D eigenvalue weighted by Crippen LogP contribution is 2.22. The Morgan fingerprint density at radius 3 is 2.38 bits per heavy atom. The summed E-state index contributed by atoms with van der Waals surface area (Å²) in [4.78, 5) is 29.8. The van der Waals surface area contributed by atoms with E-state index in [9.17, 15) is 9.59 Å². The third-order valence-electron chi connectivity index (χ3n) is 4.06. The van der Waals surface area contributed by atoms with Crippen molar-refractivity contribution in [3.05, 3.63) is 93.7 Å². The minimum absolute atomic E-state index is 0.122. The van der Waals surface area contributed by atoms with E-state index in [0.717, 1.165) is 5.56 Å². The van der Waals surface area contributed by atoms with Crippen molar-refractivity contribution in [2.45, 2.75) is 6.92 Å². The lowest BCUT2D eigenvalue weighted by Gasteiger charge is -2.12. The van der Waals surface area contributed by atoms with Crippen molar-refractivity contribution in [2.75, 3.05) is 10.6 Å². The number of rotatable bonds is 5. The van der Waals surface area contributed by atoms with E-state index in [1.54, 1.807) is 54.6 Å². The van der Waals surface area contributed by atoms with Crippen LogP contribution >= 0.6 is 23.2 Å². The van der Waals surface area contributed by atoms with Gasteiger partial charge < -0.3 is 10.6 Å². The molecule has 0 fully saturated rings. The molecule has 3 rings (SSSR count). The Bertz CT molecular complexity index is 1080. The molecule has 2 aromatic carbocycles. The minimum Gasteiger partial charge on any atom is -0.322 e. The van der Waals surface area contributed by atoms with E-state index >= 15 is 0 Å². The van der Waals surface area contributed by atoms with Gasteiger partial charge in [0.2, 0.25) is 0 Å². The summed E-state index contributed by atoms with van der Waals surface area (Å²) in [6.45, 7) is 1.83. The van der Waals surface area contributed by atoms with E-state index in [0.29, 0.717) is 22.0 Å². The van der Waals surface area contributed by atoms with Crippen LogP contribution < -0.4 is 10.6 Å². The number of aromatic nitrogens is 1. The van der Waals surface area contributed by atoms with E-state index in [-0.39, 0.29) is 10.7 Å². The lowest BCUT2D eigenvalue weighted by molar-refractivity contribution is -0.118. The summed E-state index contributed by atoms with van der Waals surface area (Å²) in [5, 5.41) is 6.12. The average Bonchev–Trinajstić information content (AvgIpc) is 2.70. The number of aryl methyl sites for hydroxylation is 1. The van der Waals surface area contributed by atoms with Gasteiger partial charge in [0.15, 0.2) is 0 Å². The molecule has 0 aliphatic carbocycles. The molecular weight excluding hydrogens is 409 g/mol. The average molecular weight is 426 g/mol. The van der Waals surface area contributed by atoms with Gasteiger partial charge in [-0.1, -0.05) is 53.5 Å². The third-order valence-corrected chi connectivity index (χ3v) is 4.61. The number of hydrogen-bond donors (Lipinski definition) is 2. The Labute approximate surface area is 178 Å². The van der Waals surface area contributed by atoms with Gasteiger partial charge in [0.25, 0.3) is 11.8 Å². The summed E-state index contributed by atoms with van der Waals surface area (Å²) in [7, 11) is 0. The van der Waals surface area contributed by atoms with E-state index in [1.165, 1.54) is 12.3 Å². The third kappa shape index (κ3) is 5.44. The number of halogens is 2. The van der Waals surface area contributed by atoms with Crippen molar-refractivity contribution < 1.29 is 9.59 Å². The number of anilines is 2. The summed E-state index contributed by atoms with van der Waals surface area (Å²) in [6.07, 6.45) is 2.93. The van der Waals surface area contributed by atoms with Gasteiger partial charge in [0.05, 0.1) is 0 Å². The molecule has 2 N–H and O–H groups in total. The lowest BCUT2D eigenvalue weighted by Crippen LogP contribution is -2.25. The monoisotopic (exact) mass is 425 g/mol. The lowest BCUT2D eigenvalue weighted by atomic mass is 10.1. The first-order chi connectivity index (χ1) is 13.9. The van der Waals surface area contributed by atoms with E-state index < -0.39 is 11.8 Å². The number of carbonyl (C=O) groups is 2. The number of carbonyl (C=O) groups excluding carboxylic acids is 2. The molecule has 0 spiro atoms. The van der Waals surface area contributed by atoms with E-state index in [2.05, 4.69) is 15.6 Å². The molecule has 2 amide bonds. The van der Waals surface area contributed by atoms with Crippen LogP contribution in [0.5, 0.6) is 0 Å². The first-order valence-electron chi connectivity index (χ1n) is 8.70. The van der Waals surface area contributed by atoms with Crippen LogP contribution in [0.4, 0.5) is 11.4 Å². The summed E-state index contributed by atoms with van der Waals surface area (Å²) < 4.78 is 0. The van der Waals surface area contributed by atoms with Gasteiger partial charge in [-0.2, -0.15) is 0 Å². The molecule has 0 radical (unpaired) electrons. The first kappa shape index (κ1) is 20.6. The Hall–Kier alpha value is -3.15. The predicted octanol–water partition coefficient (Wildman–Crippen LogP) is 5.36. The second kappa shape index (κ2) is 9.37. The molecule has 0 aliphatic rings. The molecule has 0 saturated heterocycles. The molecule has 7 heteroatoms. The van der Waals surface area contributed by atoms with Crippen LogP contribution in [0.15, 0.2) is 72.4 Å². The van der Waals surface area contributed by atoms with Crippen molar-refractivity contribution >= 4 is 52.5 Å². The van der Waals surface area contributed by atoms with Gasteiger partial charge in [-0.05, 0) is 48.9 Å². The number of para-hydroxylation sites is 1. The number of pyridine rings is 1. The molecule has 0 bridgehead atoms. The topological polar surface area (TPSA) is 71.1 Å². The fourth-order valence-corrected chi connectivity index (χ4v) is 2.88. The van der Waals surface area contributed by atoms with Crippen LogP contribution in [0.3, 0.4) is 0 Å². The van der Waals surface area contributed by atoms with Crippen LogP contribution in [0.2, 0.25) is 10.2 Å². The van der Waals surface area contributed by atoms with Crippen molar-refractivity contribution in [3.8, 4) is 0 Å². The Morgan fingerprint density at radius 1 is 0.931 bits per heavy atom. The largest absolute Gasteiger partial charge is 0.322 e. The summed E-state index contributed by atoms with van der Waals surface area (Å²) >= 11 is 12.1. The van der Waals surface area contributed by atoms with Gasteiger partial charge >= 0.3 is 0 Å². The van der Waals surface area contributed by atoms with Crippen molar-refractivity contribution in [1.29, 1.82) is 0 Å². The van der Waals surface area contributed by atoms with Gasteiger partial charge in [0, 0.05) is 28.2 Å². The normalized spacial score (nSPS) is 11.1. The Kier molecular flexibility index (Phi) is 6.65. The smallest absolute Gasteiger partial charge is 0.261 e. The molecule has 0 unspecified atom stereocenters. The molecular formula is C22H17Cl2N3O2. The van der Waals surface area contributed by atoms with Crippen molar-refractivity contribution in [2.24, 2.45) is 0 Å². The number of hydrogen-bond acceptors (Lipinski definition) is 3. The zero-order valence-electron chi connectivity index (χ0n) is 15.4. The highest BCUT2D eigenvalue weighted by atomic mass is 35.5. The van der Waals surface area contributed by atoms with Crippen LogP contribution in [0.1, 0.15) is 11.1 Å². The van der Waals surface area contributed by atoms with E-state index in [1.807, 2.05) is 13.0 Å². The molecule has 146 valence electrons. The standard InChI is InChI=1S/C22H17Cl2N3O2/c1-14-9-10-16(23)13-19(14)27-22(29)18(12-15-6-5-11-25-20(15)24)21(28)26-17-7-3-2-4-8-17/h2-13H,1H3,(H,26,28)(H,27,29). The molecule has 29 heavy (non-hydrogen) atoms. The van der Waals surface area contributed by atoms with E-state index in [4.69, 9.17) is 23.2 Å². The number of benzene rings is 2. The summed E-state index contributed by atoms with van der Waals surface area (Å²) in [6, 6.07) is 17.3. The highest BCUT2D eigenvalue weighted by molar-refractivity contribution is 6.33. The maximum Gasteiger partial charge on any atom is 0.261 e. The molecule has 1 aromatic heterocycles. The minimum atomic E-state index is -0.594. The summed E-state index contributed by atoms with van der Waals surface area (Å²) in [5.74, 6) is -1.17. The predicted molar refractivity (Wildman–Crippen MR) is 117 cm³/mol. The maximum atomic E-state index is 13.0. The molecule has 3 aromatic rings. The zero-order chi connectivity index (χ0) is 20.8. The number of amides is 2. The summed E-state index contributed by atoms with van der Waals surface area (Å²) in [5.41, 5.74) is 2.21. The fraction of sp³-hybridized carbons (Fsp3) is 0.0455. The first-order valence-corrected chi connectivity index (χ1v) is 9.46. The Balaban J connectivity index is 1.95. The molecule has 1 heterocycles. The zero-order valence-corrected chi connectivity index (χ0v) is 17.0. The Morgan fingerprint density at radius 2 is 1.66 bits per heavy atom. The maximum absolute atomic E-state index is 13.0. The van der Waals surface area contributed by atoms with Gasteiger partial charge in [-0.3, -0.25) is 9.59 Å². The van der Waals surface area contributed by atoms with Crippen LogP contribution in [0.25, 0.3) is 6.08 Å². The van der Waals surface area contributed by atoms with Crippen LogP contribution in [-0.4, -0.2) is 16.8 Å². The highest BCUT2D eigenvalue weighted by Gasteiger charge is 2.20.